The molecule has 5 N–H and O–H groups in total. The van der Waals surface area contributed by atoms with E-state index in [2.05, 4.69) is 18.3 Å². The van der Waals surface area contributed by atoms with Gasteiger partial charge in [-0.1, -0.05) is 12.5 Å². The maximum Gasteiger partial charge on any atom is 0.219 e. The van der Waals surface area contributed by atoms with Crippen molar-refractivity contribution in [2.75, 3.05) is 13.7 Å². The molecule has 0 saturated heterocycles. The minimum absolute atomic E-state index is 0.0965. The van der Waals surface area contributed by atoms with E-state index in [1.165, 1.54) is 11.1 Å². The molecule has 1 unspecified atom stereocenters. The van der Waals surface area contributed by atoms with Crippen LogP contribution in [0.5, 0.6) is 5.75 Å². The molecule has 1 atom stereocenters. The average molecular weight is 349 g/mol. The van der Waals surface area contributed by atoms with Crippen molar-refractivity contribution in [3.05, 3.63) is 29.3 Å². The lowest BCUT2D eigenvalue weighted by Gasteiger charge is -2.14. The Bertz CT molecular complexity index is 561. The highest BCUT2D eigenvalue weighted by molar-refractivity contribution is 5.75. The number of nitrogens with two attached hydrogens (primary N) is 2. The lowest BCUT2D eigenvalue weighted by atomic mass is 10.0. The van der Waals surface area contributed by atoms with Crippen LogP contribution < -0.4 is 21.5 Å². The summed E-state index contributed by atoms with van der Waals surface area (Å²) in [6, 6.07) is 5.83. The van der Waals surface area contributed by atoms with E-state index in [-0.39, 0.29) is 24.3 Å². The Morgan fingerprint density at radius 3 is 2.64 bits per heavy atom. The Morgan fingerprint density at radius 2 is 1.96 bits per heavy atom. The van der Waals surface area contributed by atoms with Crippen LogP contribution in [0.15, 0.2) is 18.2 Å². The zero-order chi connectivity index (χ0) is 18.7. The topological polar surface area (TPSA) is 107 Å². The van der Waals surface area contributed by atoms with E-state index in [1.807, 2.05) is 12.1 Å². The maximum atomic E-state index is 11.2. The van der Waals surface area contributed by atoms with E-state index < -0.39 is 0 Å². The van der Waals surface area contributed by atoms with Crippen molar-refractivity contribution < 1.29 is 14.3 Å². The predicted molar refractivity (Wildman–Crippen MR) is 99.3 cm³/mol. The van der Waals surface area contributed by atoms with E-state index in [1.54, 1.807) is 7.05 Å². The molecule has 140 valence electrons. The molecule has 0 radical (unpaired) electrons. The summed E-state index contributed by atoms with van der Waals surface area (Å²) in [5.74, 6) is 0.546. The second kappa shape index (κ2) is 11.5. The first-order chi connectivity index (χ1) is 11.9. The SMILES string of the molecule is CNC(=O)CCCCCc1cc(OCC(N)CCC(N)=O)ccc1C. The minimum Gasteiger partial charge on any atom is -0.492 e. The third-order valence-electron chi connectivity index (χ3n) is 4.17. The van der Waals surface area contributed by atoms with Gasteiger partial charge in [0.05, 0.1) is 0 Å². The van der Waals surface area contributed by atoms with Gasteiger partial charge in [0.1, 0.15) is 12.4 Å². The lowest BCUT2D eigenvalue weighted by Crippen LogP contribution is -2.29. The molecule has 0 fully saturated rings. The Labute approximate surface area is 150 Å². The largest absolute Gasteiger partial charge is 0.492 e. The highest BCUT2D eigenvalue weighted by Crippen LogP contribution is 2.20. The summed E-state index contributed by atoms with van der Waals surface area (Å²) >= 11 is 0. The number of ether oxygens (including phenoxy) is 1. The van der Waals surface area contributed by atoms with Crippen LogP contribution >= 0.6 is 0 Å². The molecule has 2 amide bonds. The van der Waals surface area contributed by atoms with E-state index >= 15 is 0 Å². The van der Waals surface area contributed by atoms with Crippen molar-refractivity contribution in [3.63, 3.8) is 0 Å². The first-order valence-corrected chi connectivity index (χ1v) is 8.89. The Morgan fingerprint density at radius 1 is 1.20 bits per heavy atom. The number of carbonyl (C=O) groups excluding carboxylic acids is 2. The smallest absolute Gasteiger partial charge is 0.219 e. The lowest BCUT2D eigenvalue weighted by molar-refractivity contribution is -0.120. The second-order valence-corrected chi connectivity index (χ2v) is 6.40. The van der Waals surface area contributed by atoms with Crippen molar-refractivity contribution in [1.82, 2.24) is 5.32 Å². The summed E-state index contributed by atoms with van der Waals surface area (Å²) in [6.07, 6.45) is 5.32. The molecular weight excluding hydrogens is 318 g/mol. The number of primary amides is 1. The maximum absolute atomic E-state index is 11.2. The number of nitrogens with one attached hydrogen (secondary N) is 1. The molecule has 0 bridgehead atoms. The van der Waals surface area contributed by atoms with Gasteiger partial charge >= 0.3 is 0 Å². The first kappa shape index (κ1) is 21.0. The van der Waals surface area contributed by atoms with Crippen LogP contribution in [0.25, 0.3) is 0 Å². The molecule has 1 rings (SSSR count). The van der Waals surface area contributed by atoms with E-state index in [0.29, 0.717) is 19.4 Å². The van der Waals surface area contributed by atoms with Crippen LogP contribution in [0, 0.1) is 6.92 Å². The fraction of sp³-hybridized carbons (Fsp3) is 0.579. The molecule has 1 aromatic carbocycles. The summed E-state index contributed by atoms with van der Waals surface area (Å²) in [6.45, 7) is 2.45. The van der Waals surface area contributed by atoms with Crippen LogP contribution in [0.2, 0.25) is 0 Å². The molecule has 6 nitrogen and oxygen atoms in total. The van der Waals surface area contributed by atoms with Crippen LogP contribution in [0.1, 0.15) is 49.7 Å². The molecule has 0 aliphatic carbocycles. The Hall–Kier alpha value is -2.08. The standard InChI is InChI=1S/C19H31N3O3/c1-14-8-10-17(25-13-16(20)9-11-18(21)23)12-15(14)6-4-3-5-7-19(24)22-2/h8,10,12,16H,3-7,9,11,13,20H2,1-2H3,(H2,21,23)(H,22,24). The van der Waals surface area contributed by atoms with Crippen LogP contribution in [0.3, 0.4) is 0 Å². The molecule has 6 heteroatoms. The first-order valence-electron chi connectivity index (χ1n) is 8.89. The summed E-state index contributed by atoms with van der Waals surface area (Å²) in [7, 11) is 1.66. The van der Waals surface area contributed by atoms with Gasteiger partial charge < -0.3 is 21.5 Å². The monoisotopic (exact) mass is 349 g/mol. The molecular formula is C19H31N3O3. The Kier molecular flexibility index (Phi) is 9.62. The minimum atomic E-state index is -0.343. The van der Waals surface area contributed by atoms with Crippen molar-refractivity contribution in [2.45, 2.75) is 57.9 Å². The van der Waals surface area contributed by atoms with Gasteiger partial charge in [-0.05, 0) is 55.9 Å². The Balaban J connectivity index is 2.39. The fourth-order valence-electron chi connectivity index (χ4n) is 2.52. The van der Waals surface area contributed by atoms with Crippen molar-refractivity contribution in [1.29, 1.82) is 0 Å². The molecule has 0 aromatic heterocycles. The number of amides is 2. The second-order valence-electron chi connectivity index (χ2n) is 6.40. The van der Waals surface area contributed by atoms with E-state index in [0.717, 1.165) is 31.4 Å². The number of hydrogen-bond acceptors (Lipinski definition) is 4. The molecule has 25 heavy (non-hydrogen) atoms. The van der Waals surface area contributed by atoms with Gasteiger partial charge in [0.2, 0.25) is 11.8 Å². The molecule has 0 aliphatic heterocycles. The zero-order valence-corrected chi connectivity index (χ0v) is 15.3. The molecule has 0 saturated carbocycles. The van der Waals surface area contributed by atoms with Gasteiger partial charge in [0.25, 0.3) is 0 Å². The number of aryl methyl sites for hydroxylation is 2. The quantitative estimate of drug-likeness (QED) is 0.500. The normalized spacial score (nSPS) is 11.8. The van der Waals surface area contributed by atoms with Gasteiger partial charge in [0.15, 0.2) is 0 Å². The van der Waals surface area contributed by atoms with Crippen LogP contribution in [-0.4, -0.2) is 31.5 Å². The highest BCUT2D eigenvalue weighted by Gasteiger charge is 2.07. The van der Waals surface area contributed by atoms with Crippen LogP contribution in [0.4, 0.5) is 0 Å². The third-order valence-corrected chi connectivity index (χ3v) is 4.17. The van der Waals surface area contributed by atoms with Crippen molar-refractivity contribution in [2.24, 2.45) is 11.5 Å². The molecule has 1 aromatic rings. The zero-order valence-electron chi connectivity index (χ0n) is 15.3. The van der Waals surface area contributed by atoms with Crippen molar-refractivity contribution >= 4 is 11.8 Å². The fourth-order valence-corrected chi connectivity index (χ4v) is 2.52. The van der Waals surface area contributed by atoms with Gasteiger partial charge in [0, 0.05) is 25.9 Å². The number of rotatable bonds is 12. The summed E-state index contributed by atoms with van der Waals surface area (Å²) < 4.78 is 5.74. The van der Waals surface area contributed by atoms with Gasteiger partial charge in [-0.25, -0.2) is 0 Å². The van der Waals surface area contributed by atoms with Gasteiger partial charge in [-0.3, -0.25) is 9.59 Å². The van der Waals surface area contributed by atoms with Gasteiger partial charge in [-0.2, -0.15) is 0 Å². The molecule has 0 aliphatic rings. The number of benzene rings is 1. The van der Waals surface area contributed by atoms with Crippen LogP contribution in [-0.2, 0) is 16.0 Å². The molecule has 0 spiro atoms. The summed E-state index contributed by atoms with van der Waals surface area (Å²) in [5.41, 5.74) is 13.5. The van der Waals surface area contributed by atoms with E-state index in [4.69, 9.17) is 16.2 Å². The summed E-state index contributed by atoms with van der Waals surface area (Å²) in [5, 5.41) is 2.64. The predicted octanol–water partition coefficient (Wildman–Crippen LogP) is 1.82. The molecule has 0 heterocycles. The van der Waals surface area contributed by atoms with Crippen molar-refractivity contribution in [3.8, 4) is 5.75 Å². The highest BCUT2D eigenvalue weighted by atomic mass is 16.5. The van der Waals surface area contributed by atoms with E-state index in [9.17, 15) is 9.59 Å². The number of unbranched alkanes of at least 4 members (excludes halogenated alkanes) is 2. The third kappa shape index (κ3) is 9.10. The number of carbonyl (C=O) groups is 2. The van der Waals surface area contributed by atoms with Gasteiger partial charge in [-0.15, -0.1) is 0 Å². The summed E-state index contributed by atoms with van der Waals surface area (Å²) in [4.78, 5) is 22.0. The average Bonchev–Trinajstić information content (AvgIpc) is 2.59. The number of hydrogen-bond donors (Lipinski definition) is 3.